The van der Waals surface area contributed by atoms with Gasteiger partial charge in [0.2, 0.25) is 23.6 Å². The molecule has 2 heterocycles. The van der Waals surface area contributed by atoms with Gasteiger partial charge in [-0.3, -0.25) is 38.6 Å². The van der Waals surface area contributed by atoms with E-state index in [2.05, 4.69) is 0 Å². The summed E-state index contributed by atoms with van der Waals surface area (Å²) in [6.45, 7) is -0.913. The highest BCUT2D eigenvalue weighted by molar-refractivity contribution is 6.31. The van der Waals surface area contributed by atoms with Gasteiger partial charge in [-0.1, -0.05) is 59.6 Å². The maximum Gasteiger partial charge on any atom is 0.312 e. The molecule has 0 saturated carbocycles. The minimum absolute atomic E-state index is 0.0995. The van der Waals surface area contributed by atoms with Crippen LogP contribution in [-0.4, -0.2) is 108 Å². The van der Waals surface area contributed by atoms with Gasteiger partial charge in [-0.25, -0.2) is 9.80 Å². The van der Waals surface area contributed by atoms with E-state index in [1.54, 1.807) is 58.3 Å². The summed E-state index contributed by atoms with van der Waals surface area (Å²) in [5.41, 5.74) is 1.14. The highest BCUT2D eigenvalue weighted by Crippen LogP contribution is 2.17. The third-order valence-electron chi connectivity index (χ3n) is 6.67. The van der Waals surface area contributed by atoms with Crippen LogP contribution >= 0.6 is 23.2 Å². The van der Waals surface area contributed by atoms with Gasteiger partial charge >= 0.3 is 11.9 Å². The topological polar surface area (TPSA) is 134 Å². The second kappa shape index (κ2) is 14.4. The zero-order valence-corrected chi connectivity index (χ0v) is 24.0. The fourth-order valence-electron chi connectivity index (χ4n) is 4.35. The molecule has 14 heteroatoms. The first-order chi connectivity index (χ1) is 20.1. The van der Waals surface area contributed by atoms with Gasteiger partial charge in [-0.2, -0.15) is 0 Å². The Kier molecular flexibility index (Phi) is 10.6. The number of hydrogen-bond acceptors (Lipinski definition) is 10. The third kappa shape index (κ3) is 8.35. The van der Waals surface area contributed by atoms with Crippen LogP contribution in [-0.2, 0) is 51.1 Å². The lowest BCUT2D eigenvalue weighted by atomic mass is 10.1. The van der Waals surface area contributed by atoms with E-state index in [0.717, 1.165) is 9.80 Å². The van der Waals surface area contributed by atoms with Gasteiger partial charge in [0.05, 0.1) is 39.0 Å². The van der Waals surface area contributed by atoms with Crippen LogP contribution in [0.2, 0.25) is 10.0 Å². The molecule has 12 nitrogen and oxygen atoms in total. The number of carbonyl (C=O) groups is 6. The van der Waals surface area contributed by atoms with E-state index in [9.17, 15) is 28.8 Å². The molecule has 0 unspecified atom stereocenters. The van der Waals surface area contributed by atoms with Gasteiger partial charge in [0.1, 0.15) is 0 Å². The van der Waals surface area contributed by atoms with Crippen molar-refractivity contribution >= 4 is 58.8 Å². The molecule has 222 valence electrons. The van der Waals surface area contributed by atoms with Crippen molar-refractivity contribution in [1.82, 2.24) is 19.6 Å². The zero-order valence-electron chi connectivity index (χ0n) is 22.5. The molecule has 4 amide bonds. The number of carbonyl (C=O) groups excluding carboxylic acids is 6. The van der Waals surface area contributed by atoms with E-state index < -0.39 is 49.0 Å². The Morgan fingerprint density at radius 2 is 0.929 bits per heavy atom. The second-order valence-corrected chi connectivity index (χ2v) is 10.5. The quantitative estimate of drug-likeness (QED) is 0.266. The molecule has 0 N–H and O–H groups in total. The van der Waals surface area contributed by atoms with Gasteiger partial charge in [0, 0.05) is 23.1 Å². The van der Waals surface area contributed by atoms with Crippen LogP contribution < -0.4 is 0 Å². The number of halogens is 2. The second-order valence-electron chi connectivity index (χ2n) is 9.68. The lowest BCUT2D eigenvalue weighted by Gasteiger charge is -2.35. The van der Waals surface area contributed by atoms with Crippen LogP contribution in [0.3, 0.4) is 0 Å². The molecule has 4 rings (SSSR count). The smallest absolute Gasteiger partial charge is 0.312 e. The molecule has 2 aromatic rings. The molecule has 2 aliphatic heterocycles. The fraction of sp³-hybridized carbons (Fsp3) is 0.357. The first kappa shape index (κ1) is 31.1. The monoisotopic (exact) mass is 618 g/mol. The highest BCUT2D eigenvalue weighted by Gasteiger charge is 2.34. The fourth-order valence-corrected chi connectivity index (χ4v) is 4.76. The lowest BCUT2D eigenvalue weighted by molar-refractivity contribution is -0.166. The Balaban J connectivity index is 1.17. The van der Waals surface area contributed by atoms with Crippen molar-refractivity contribution in [2.75, 3.05) is 52.7 Å². The van der Waals surface area contributed by atoms with E-state index >= 15 is 0 Å². The molecule has 0 aromatic heterocycles. The van der Waals surface area contributed by atoms with Gasteiger partial charge in [-0.05, 0) is 23.3 Å². The molecule has 2 fully saturated rings. The normalized spacial score (nSPS) is 16.6. The molecule has 0 bridgehead atoms. The summed E-state index contributed by atoms with van der Waals surface area (Å²) in [5.74, 6) is -3.40. The van der Waals surface area contributed by atoms with E-state index in [4.69, 9.17) is 32.7 Å². The van der Waals surface area contributed by atoms with E-state index in [1.165, 1.54) is 0 Å². The zero-order chi connectivity index (χ0) is 30.2. The average molecular weight is 619 g/mol. The van der Waals surface area contributed by atoms with Crippen molar-refractivity contribution in [3.05, 3.63) is 69.7 Å². The van der Waals surface area contributed by atoms with Crippen molar-refractivity contribution in [1.29, 1.82) is 0 Å². The van der Waals surface area contributed by atoms with Crippen molar-refractivity contribution < 1.29 is 38.2 Å². The van der Waals surface area contributed by atoms with Crippen molar-refractivity contribution in [3.63, 3.8) is 0 Å². The predicted molar refractivity (Wildman–Crippen MR) is 149 cm³/mol. The molecule has 42 heavy (non-hydrogen) atoms. The van der Waals surface area contributed by atoms with E-state index in [0.29, 0.717) is 21.2 Å². The van der Waals surface area contributed by atoms with Crippen LogP contribution in [0.4, 0.5) is 0 Å². The molecule has 2 aromatic carbocycles. The summed E-state index contributed by atoms with van der Waals surface area (Å²) in [6, 6.07) is 13.6. The maximum atomic E-state index is 12.6. The largest absolute Gasteiger partial charge is 0.443 e. The van der Waals surface area contributed by atoms with Gasteiger partial charge in [0.25, 0.3) is 0 Å². The van der Waals surface area contributed by atoms with Gasteiger partial charge in [0.15, 0.2) is 13.5 Å². The SMILES string of the molecule is O=C(Cc1ccccc1Cl)OCN1C(=O)CN(CCN2CC(=O)N(COC(=O)Cc3ccccc3Cl)C(=O)C2)CC1=O. The molecule has 2 aliphatic rings. The Hall–Kier alpha value is -3.84. The molecule has 2 saturated heterocycles. The first-order valence-corrected chi connectivity index (χ1v) is 13.8. The molecule has 0 spiro atoms. The lowest BCUT2D eigenvalue weighted by Crippen LogP contribution is -2.58. The number of amides is 4. The number of nitrogens with zero attached hydrogens (tertiary/aromatic N) is 4. The van der Waals surface area contributed by atoms with E-state index in [1.807, 2.05) is 0 Å². The number of imide groups is 2. The molecule has 0 aliphatic carbocycles. The van der Waals surface area contributed by atoms with Crippen molar-refractivity contribution in [2.24, 2.45) is 0 Å². The number of esters is 2. The summed E-state index contributed by atoms with van der Waals surface area (Å²) in [5, 5.41) is 0.820. The number of piperazine rings is 2. The number of hydrogen-bond donors (Lipinski definition) is 0. The number of ether oxygens (including phenoxy) is 2. The number of benzene rings is 2. The Morgan fingerprint density at radius 1 is 0.595 bits per heavy atom. The molecule has 0 radical (unpaired) electrons. The number of rotatable bonds is 11. The van der Waals surface area contributed by atoms with Crippen LogP contribution in [0.25, 0.3) is 0 Å². The van der Waals surface area contributed by atoms with Crippen LogP contribution in [0.15, 0.2) is 48.5 Å². The molecular formula is C28H28Cl2N4O8. The summed E-state index contributed by atoms with van der Waals surface area (Å²) in [7, 11) is 0. The van der Waals surface area contributed by atoms with E-state index in [-0.39, 0.29) is 52.1 Å². The summed E-state index contributed by atoms with van der Waals surface area (Å²) in [6.07, 6.45) is -0.199. The summed E-state index contributed by atoms with van der Waals surface area (Å²) < 4.78 is 10.2. The molecular weight excluding hydrogens is 591 g/mol. The Labute approximate surface area is 251 Å². The summed E-state index contributed by atoms with van der Waals surface area (Å²) >= 11 is 12.1. The van der Waals surface area contributed by atoms with Crippen LogP contribution in [0.1, 0.15) is 11.1 Å². The van der Waals surface area contributed by atoms with Crippen molar-refractivity contribution in [3.8, 4) is 0 Å². The van der Waals surface area contributed by atoms with Crippen LogP contribution in [0.5, 0.6) is 0 Å². The third-order valence-corrected chi connectivity index (χ3v) is 7.40. The Bertz CT molecular complexity index is 1250. The van der Waals surface area contributed by atoms with Gasteiger partial charge < -0.3 is 9.47 Å². The highest BCUT2D eigenvalue weighted by atomic mass is 35.5. The summed E-state index contributed by atoms with van der Waals surface area (Å²) in [4.78, 5) is 79.5. The minimum Gasteiger partial charge on any atom is -0.443 e. The Morgan fingerprint density at radius 3 is 1.26 bits per heavy atom. The van der Waals surface area contributed by atoms with Gasteiger partial charge in [-0.15, -0.1) is 0 Å². The predicted octanol–water partition coefficient (Wildman–Crippen LogP) is 1.12. The minimum atomic E-state index is -0.630. The van der Waals surface area contributed by atoms with Crippen LogP contribution in [0, 0.1) is 0 Å². The molecule has 0 atom stereocenters. The van der Waals surface area contributed by atoms with Crippen molar-refractivity contribution in [2.45, 2.75) is 12.8 Å². The standard InChI is InChI=1S/C28H28Cl2N4O8/c29-21-7-3-1-5-19(21)11-27(39)41-17-33-23(35)13-31(14-24(33)36)9-10-32-15-25(37)34(26(38)16-32)18-42-28(40)12-20-6-2-4-8-22(20)30/h1-8H,9-18H2. The first-order valence-electron chi connectivity index (χ1n) is 13.0. The average Bonchev–Trinajstić information content (AvgIpc) is 2.93. The maximum absolute atomic E-state index is 12.6.